The first-order valence-electron chi connectivity index (χ1n) is 7.15. The van der Waals surface area contributed by atoms with Crippen molar-refractivity contribution in [3.05, 3.63) is 59.0 Å². The smallest absolute Gasteiger partial charge is 0.249 e. The van der Waals surface area contributed by atoms with Crippen molar-refractivity contribution in [3.63, 3.8) is 0 Å². The van der Waals surface area contributed by atoms with Gasteiger partial charge in [-0.1, -0.05) is 30.3 Å². The molecule has 2 heterocycles. The molecular weight excluding hydrogens is 322 g/mol. The first-order valence-corrected chi connectivity index (χ1v) is 7.96. The standard InChI is InChI=1S/C16H15N7S/c1-17-12-10-22(3)23(4)14(12)20-21-15-13(19-16(18-2)24-15)11-8-6-5-7-9-11/h5-10H,2-4H3/b18-16?,20-14-,21-15-. The quantitative estimate of drug-likeness (QED) is 0.613. The summed E-state index contributed by atoms with van der Waals surface area (Å²) >= 11 is 1.37. The molecule has 24 heavy (non-hydrogen) atoms. The Morgan fingerprint density at radius 2 is 1.92 bits per heavy atom. The maximum absolute atomic E-state index is 7.26. The van der Waals surface area contributed by atoms with Crippen molar-refractivity contribution in [1.29, 1.82) is 0 Å². The van der Waals surface area contributed by atoms with Gasteiger partial charge in [-0.25, -0.2) is 9.84 Å². The topological polar surface area (TPSA) is 63.7 Å². The number of amidine groups is 1. The molecular formula is C16H15N7S. The lowest BCUT2D eigenvalue weighted by molar-refractivity contribution is 0.569. The van der Waals surface area contributed by atoms with Crippen LogP contribution >= 0.6 is 11.8 Å². The van der Waals surface area contributed by atoms with Crippen molar-refractivity contribution < 1.29 is 0 Å². The van der Waals surface area contributed by atoms with Gasteiger partial charge in [-0.05, 0) is 11.8 Å². The van der Waals surface area contributed by atoms with Gasteiger partial charge in [0.1, 0.15) is 5.71 Å². The van der Waals surface area contributed by atoms with Gasteiger partial charge in [0.2, 0.25) is 5.69 Å². The van der Waals surface area contributed by atoms with Crippen molar-refractivity contribution in [1.82, 2.24) is 9.36 Å². The second kappa shape index (κ2) is 6.68. The molecule has 8 heteroatoms. The Labute approximate surface area is 143 Å². The summed E-state index contributed by atoms with van der Waals surface area (Å²) in [6, 6.07) is 9.80. The van der Waals surface area contributed by atoms with E-state index < -0.39 is 0 Å². The fraction of sp³-hybridized carbons (Fsp3) is 0.188. The van der Waals surface area contributed by atoms with E-state index in [9.17, 15) is 0 Å². The van der Waals surface area contributed by atoms with E-state index in [0.29, 0.717) is 21.4 Å². The molecule has 1 aliphatic rings. The Kier molecular flexibility index (Phi) is 4.44. The van der Waals surface area contributed by atoms with Gasteiger partial charge >= 0.3 is 0 Å². The molecule has 0 atom stereocenters. The summed E-state index contributed by atoms with van der Waals surface area (Å²) in [6.45, 7) is 7.26. The number of aliphatic imine (C=N–C) groups is 2. The van der Waals surface area contributed by atoms with Gasteiger partial charge in [0.05, 0.1) is 6.57 Å². The number of hydrogen-bond acceptors (Lipinski definition) is 4. The summed E-state index contributed by atoms with van der Waals surface area (Å²) < 4.78 is 3.56. The van der Waals surface area contributed by atoms with E-state index in [0.717, 1.165) is 11.3 Å². The molecule has 0 saturated carbocycles. The van der Waals surface area contributed by atoms with E-state index in [1.807, 2.05) is 44.4 Å². The van der Waals surface area contributed by atoms with E-state index in [2.05, 4.69) is 25.0 Å². The molecule has 0 spiro atoms. The maximum Gasteiger partial charge on any atom is 0.249 e. The number of benzene rings is 1. The third kappa shape index (κ3) is 2.94. The summed E-state index contributed by atoms with van der Waals surface area (Å²) in [4.78, 5) is 12.1. The number of aromatic nitrogens is 2. The van der Waals surface area contributed by atoms with Crippen LogP contribution in [0.2, 0.25) is 0 Å². The van der Waals surface area contributed by atoms with Gasteiger partial charge in [-0.3, -0.25) is 9.67 Å². The van der Waals surface area contributed by atoms with E-state index in [1.165, 1.54) is 11.8 Å². The third-order valence-electron chi connectivity index (χ3n) is 3.51. The second-order valence-corrected chi connectivity index (χ2v) is 5.94. The van der Waals surface area contributed by atoms with E-state index in [1.54, 1.807) is 22.6 Å². The van der Waals surface area contributed by atoms with Crippen molar-refractivity contribution in [2.24, 2.45) is 34.3 Å². The molecule has 0 saturated heterocycles. The van der Waals surface area contributed by atoms with Gasteiger partial charge in [0.15, 0.2) is 15.7 Å². The minimum absolute atomic E-state index is 0.454. The Bertz CT molecular complexity index is 968. The second-order valence-electron chi connectivity index (χ2n) is 4.99. The first kappa shape index (κ1) is 16.0. The van der Waals surface area contributed by atoms with Crippen LogP contribution in [-0.4, -0.2) is 32.3 Å². The van der Waals surface area contributed by atoms with Crippen molar-refractivity contribution in [3.8, 4) is 0 Å². The molecule has 0 bridgehead atoms. The van der Waals surface area contributed by atoms with Gasteiger partial charge in [-0.2, -0.15) is 0 Å². The highest BCUT2D eigenvalue weighted by Gasteiger charge is 2.23. The van der Waals surface area contributed by atoms with E-state index >= 15 is 0 Å². The van der Waals surface area contributed by atoms with Crippen LogP contribution in [0.25, 0.3) is 4.85 Å². The van der Waals surface area contributed by atoms with Crippen molar-refractivity contribution >= 4 is 33.4 Å². The molecule has 120 valence electrons. The lowest BCUT2D eigenvalue weighted by Crippen LogP contribution is -2.18. The first-order chi connectivity index (χ1) is 11.6. The van der Waals surface area contributed by atoms with Crippen LogP contribution < -0.4 is 5.49 Å². The predicted molar refractivity (Wildman–Crippen MR) is 97.6 cm³/mol. The van der Waals surface area contributed by atoms with Crippen LogP contribution in [0.4, 0.5) is 5.69 Å². The lowest BCUT2D eigenvalue weighted by atomic mass is 10.1. The van der Waals surface area contributed by atoms with Crippen molar-refractivity contribution in [2.75, 3.05) is 7.05 Å². The molecule has 0 radical (unpaired) electrons. The predicted octanol–water partition coefficient (Wildman–Crippen LogP) is 2.35. The fourth-order valence-electron chi connectivity index (χ4n) is 2.17. The zero-order chi connectivity index (χ0) is 17.1. The molecule has 0 amide bonds. The minimum Gasteiger partial charge on any atom is -0.306 e. The third-order valence-corrected chi connectivity index (χ3v) is 4.44. The summed E-state index contributed by atoms with van der Waals surface area (Å²) in [5.74, 6) is 0. The monoisotopic (exact) mass is 337 g/mol. The van der Waals surface area contributed by atoms with E-state index in [4.69, 9.17) is 6.57 Å². The average molecular weight is 337 g/mol. The van der Waals surface area contributed by atoms with E-state index in [-0.39, 0.29) is 0 Å². The Morgan fingerprint density at radius 1 is 1.17 bits per heavy atom. The summed E-state index contributed by atoms with van der Waals surface area (Å²) in [7, 11) is 5.38. The molecule has 0 aliphatic carbocycles. The molecule has 1 aromatic carbocycles. The highest BCUT2D eigenvalue weighted by molar-refractivity contribution is 8.28. The Hall–Kier alpha value is -2.92. The highest BCUT2D eigenvalue weighted by atomic mass is 32.2. The lowest BCUT2D eigenvalue weighted by Gasteiger charge is -2.00. The largest absolute Gasteiger partial charge is 0.306 e. The molecule has 0 N–H and O–H groups in total. The van der Waals surface area contributed by atoms with Gasteiger partial charge in [0, 0.05) is 32.9 Å². The minimum atomic E-state index is 0.454. The number of rotatable bonds is 2. The molecule has 2 aromatic rings. The molecule has 3 rings (SSSR count). The molecule has 1 aromatic heterocycles. The Morgan fingerprint density at radius 3 is 2.58 bits per heavy atom. The van der Waals surface area contributed by atoms with Gasteiger partial charge < -0.3 is 4.68 Å². The fourth-order valence-corrected chi connectivity index (χ4v) is 2.92. The summed E-state index contributed by atoms with van der Waals surface area (Å²) in [6.07, 6.45) is 1.72. The SMILES string of the molecule is [C-]#[N+]c1cn(C)n(C)/c1=N\N=C1/SC(=NC)N=C1c1ccccc1. The summed E-state index contributed by atoms with van der Waals surface area (Å²) in [5, 5.41) is 9.94. The van der Waals surface area contributed by atoms with Crippen molar-refractivity contribution in [2.45, 2.75) is 0 Å². The zero-order valence-corrected chi connectivity index (χ0v) is 14.3. The number of hydrogen-bond donors (Lipinski definition) is 0. The van der Waals surface area contributed by atoms with Crippen LogP contribution in [0.5, 0.6) is 0 Å². The summed E-state index contributed by atoms with van der Waals surface area (Å²) in [5.41, 5.74) is 2.66. The number of aryl methyl sites for hydroxylation is 1. The molecule has 7 nitrogen and oxygen atoms in total. The van der Waals surface area contributed by atoms with Crippen LogP contribution in [-0.2, 0) is 14.1 Å². The van der Waals surface area contributed by atoms with Crippen LogP contribution in [0, 0.1) is 6.57 Å². The van der Waals surface area contributed by atoms with Crippen LogP contribution in [0.1, 0.15) is 5.56 Å². The van der Waals surface area contributed by atoms with Crippen LogP contribution in [0.15, 0.2) is 56.7 Å². The molecule has 0 fully saturated rings. The number of nitrogens with zero attached hydrogens (tertiary/aromatic N) is 7. The normalized spacial score (nSPS) is 18.2. The number of thioether (sulfide) groups is 1. The molecule has 1 aliphatic heterocycles. The van der Waals surface area contributed by atoms with Crippen LogP contribution in [0.3, 0.4) is 0 Å². The zero-order valence-electron chi connectivity index (χ0n) is 13.5. The van der Waals surface area contributed by atoms with Gasteiger partial charge in [-0.15, -0.1) is 10.2 Å². The highest BCUT2D eigenvalue weighted by Crippen LogP contribution is 2.22. The Balaban J connectivity index is 2.09. The molecule has 0 unspecified atom stereocenters. The average Bonchev–Trinajstić information content (AvgIpc) is 3.15. The maximum atomic E-state index is 7.26. The van der Waals surface area contributed by atoms with Gasteiger partial charge in [0.25, 0.3) is 0 Å².